The normalized spacial score (nSPS) is 17.8. The molecule has 2 aliphatic heterocycles. The minimum absolute atomic E-state index is 0.0961. The highest BCUT2D eigenvalue weighted by atomic mass is 32.2. The lowest BCUT2D eigenvalue weighted by Crippen LogP contribution is -2.48. The van der Waals surface area contributed by atoms with Gasteiger partial charge in [-0.3, -0.25) is 9.59 Å². The fourth-order valence-corrected chi connectivity index (χ4v) is 5.67. The van der Waals surface area contributed by atoms with Crippen molar-refractivity contribution in [3.63, 3.8) is 0 Å². The number of thioether (sulfide) groups is 1. The Hall–Kier alpha value is -1.62. The maximum absolute atomic E-state index is 12.9. The molecule has 2 amide bonds. The first-order valence-electron chi connectivity index (χ1n) is 9.31. The van der Waals surface area contributed by atoms with E-state index in [2.05, 4.69) is 0 Å². The number of rotatable bonds is 6. The molecule has 10 heteroatoms. The average Bonchev–Trinajstić information content (AvgIpc) is 2.71. The Morgan fingerprint density at radius 1 is 1.21 bits per heavy atom. The second-order valence-electron chi connectivity index (χ2n) is 6.48. The van der Waals surface area contributed by atoms with Gasteiger partial charge in [-0.1, -0.05) is 13.8 Å². The molecular formula is C18H25N3O5S2. The van der Waals surface area contributed by atoms with Crippen LogP contribution in [0.1, 0.15) is 13.8 Å². The van der Waals surface area contributed by atoms with Gasteiger partial charge in [-0.2, -0.15) is 4.31 Å². The van der Waals surface area contributed by atoms with Gasteiger partial charge in [0.2, 0.25) is 21.8 Å². The summed E-state index contributed by atoms with van der Waals surface area (Å²) in [6.45, 7) is 6.17. The number of fused-ring (bicyclic) bond motifs is 1. The third-order valence-corrected chi connectivity index (χ3v) is 7.97. The van der Waals surface area contributed by atoms with E-state index in [9.17, 15) is 18.0 Å². The van der Waals surface area contributed by atoms with Crippen LogP contribution in [-0.2, 0) is 24.3 Å². The molecule has 0 spiro atoms. The van der Waals surface area contributed by atoms with Crippen LogP contribution in [0, 0.1) is 0 Å². The summed E-state index contributed by atoms with van der Waals surface area (Å²) in [5, 5.41) is 0. The molecule has 0 aliphatic carbocycles. The summed E-state index contributed by atoms with van der Waals surface area (Å²) in [5.41, 5.74) is 0.482. The number of amides is 2. The molecule has 1 aromatic carbocycles. The van der Waals surface area contributed by atoms with Gasteiger partial charge < -0.3 is 14.5 Å². The van der Waals surface area contributed by atoms with E-state index < -0.39 is 10.0 Å². The van der Waals surface area contributed by atoms with Crippen LogP contribution in [-0.4, -0.2) is 81.1 Å². The Bertz CT molecular complexity index is 849. The maximum atomic E-state index is 12.9. The molecule has 0 N–H and O–H groups in total. The monoisotopic (exact) mass is 427 g/mol. The number of morpholine rings is 1. The number of ether oxygens (including phenoxy) is 1. The van der Waals surface area contributed by atoms with E-state index in [0.717, 1.165) is 4.90 Å². The zero-order chi connectivity index (χ0) is 20.3. The van der Waals surface area contributed by atoms with Gasteiger partial charge >= 0.3 is 0 Å². The number of sulfonamides is 1. The SMILES string of the molecule is CCN(CC)S(=O)(=O)c1ccc2c(c1)N(CC(=O)N1CCOCC1)C(=O)CS2. The van der Waals surface area contributed by atoms with Crippen LogP contribution < -0.4 is 4.90 Å². The Kier molecular flexibility index (Phi) is 6.64. The van der Waals surface area contributed by atoms with Gasteiger partial charge in [-0.05, 0) is 18.2 Å². The smallest absolute Gasteiger partial charge is 0.243 e. The van der Waals surface area contributed by atoms with E-state index in [-0.39, 0.29) is 29.0 Å². The Labute approximate surface area is 169 Å². The predicted octanol–water partition coefficient (Wildman–Crippen LogP) is 1.01. The number of carbonyl (C=O) groups excluding carboxylic acids is 2. The lowest BCUT2D eigenvalue weighted by molar-refractivity contribution is -0.134. The van der Waals surface area contributed by atoms with Gasteiger partial charge in [0.1, 0.15) is 6.54 Å². The highest BCUT2D eigenvalue weighted by molar-refractivity contribution is 8.00. The predicted molar refractivity (Wildman–Crippen MR) is 107 cm³/mol. The van der Waals surface area contributed by atoms with Crippen molar-refractivity contribution < 1.29 is 22.7 Å². The second-order valence-corrected chi connectivity index (χ2v) is 9.44. The number of benzene rings is 1. The summed E-state index contributed by atoms with van der Waals surface area (Å²) in [7, 11) is -3.65. The number of hydrogen-bond donors (Lipinski definition) is 0. The van der Waals surface area contributed by atoms with Gasteiger partial charge in [-0.25, -0.2) is 8.42 Å². The molecular weight excluding hydrogens is 402 g/mol. The third kappa shape index (κ3) is 4.19. The van der Waals surface area contributed by atoms with Crippen LogP contribution in [0.4, 0.5) is 5.69 Å². The molecule has 1 fully saturated rings. The fourth-order valence-electron chi connectivity index (χ4n) is 3.28. The fraction of sp³-hybridized carbons (Fsp3) is 0.556. The van der Waals surface area contributed by atoms with Crippen molar-refractivity contribution in [3.8, 4) is 0 Å². The molecule has 0 saturated carbocycles. The lowest BCUT2D eigenvalue weighted by atomic mass is 10.2. The largest absolute Gasteiger partial charge is 0.378 e. The molecule has 0 unspecified atom stereocenters. The zero-order valence-electron chi connectivity index (χ0n) is 16.1. The molecule has 8 nitrogen and oxygen atoms in total. The third-order valence-electron chi connectivity index (χ3n) is 4.87. The van der Waals surface area contributed by atoms with Crippen molar-refractivity contribution in [2.24, 2.45) is 0 Å². The zero-order valence-corrected chi connectivity index (χ0v) is 17.7. The van der Waals surface area contributed by atoms with Crippen LogP contribution in [0.15, 0.2) is 28.0 Å². The quantitative estimate of drug-likeness (QED) is 0.674. The van der Waals surface area contributed by atoms with Gasteiger partial charge in [0, 0.05) is 31.1 Å². The number of anilines is 1. The van der Waals surface area contributed by atoms with Crippen LogP contribution in [0.3, 0.4) is 0 Å². The molecule has 154 valence electrons. The molecule has 0 radical (unpaired) electrons. The summed E-state index contributed by atoms with van der Waals surface area (Å²) in [4.78, 5) is 29.2. The summed E-state index contributed by atoms with van der Waals surface area (Å²) < 4.78 is 32.4. The van der Waals surface area contributed by atoms with Crippen LogP contribution in [0.25, 0.3) is 0 Å². The standard InChI is InChI=1S/C18H25N3O5S2/c1-3-20(4-2)28(24,25)14-5-6-16-15(11-14)21(18(23)13-27-16)12-17(22)19-7-9-26-10-8-19/h5-6,11H,3-4,7-10,12-13H2,1-2H3. The highest BCUT2D eigenvalue weighted by Gasteiger charge is 2.31. The number of carbonyl (C=O) groups is 2. The van der Waals surface area contributed by atoms with Crippen LogP contribution in [0.2, 0.25) is 0 Å². The lowest BCUT2D eigenvalue weighted by Gasteiger charge is -2.33. The van der Waals surface area contributed by atoms with Gasteiger partial charge in [-0.15, -0.1) is 11.8 Å². The Morgan fingerprint density at radius 2 is 1.89 bits per heavy atom. The molecule has 28 heavy (non-hydrogen) atoms. The number of nitrogens with zero attached hydrogens (tertiary/aromatic N) is 3. The molecule has 1 saturated heterocycles. The second kappa shape index (κ2) is 8.81. The van der Waals surface area contributed by atoms with Crippen LogP contribution in [0.5, 0.6) is 0 Å². The van der Waals surface area contributed by atoms with E-state index in [1.807, 2.05) is 0 Å². The molecule has 3 rings (SSSR count). The first-order chi connectivity index (χ1) is 13.4. The van der Waals surface area contributed by atoms with Gasteiger partial charge in [0.05, 0.1) is 29.5 Å². The maximum Gasteiger partial charge on any atom is 0.243 e. The molecule has 2 aliphatic rings. The van der Waals surface area contributed by atoms with Gasteiger partial charge in [0.15, 0.2) is 0 Å². The summed E-state index contributed by atoms with van der Waals surface area (Å²) in [6, 6.07) is 4.80. The number of hydrogen-bond acceptors (Lipinski definition) is 6. The minimum Gasteiger partial charge on any atom is -0.378 e. The van der Waals surface area contributed by atoms with E-state index in [1.165, 1.54) is 27.0 Å². The highest BCUT2D eigenvalue weighted by Crippen LogP contribution is 2.37. The van der Waals surface area contributed by atoms with Crippen molar-refractivity contribution >= 4 is 39.3 Å². The summed E-state index contributed by atoms with van der Waals surface area (Å²) in [5.74, 6) is -0.131. The van der Waals surface area contributed by atoms with Crippen molar-refractivity contribution in [1.82, 2.24) is 9.21 Å². The van der Waals surface area contributed by atoms with E-state index >= 15 is 0 Å². The summed E-state index contributed by atoms with van der Waals surface area (Å²) >= 11 is 1.36. The first kappa shape index (κ1) is 21.1. The summed E-state index contributed by atoms with van der Waals surface area (Å²) in [6.07, 6.45) is 0. The van der Waals surface area contributed by atoms with Crippen molar-refractivity contribution in [1.29, 1.82) is 0 Å². The van der Waals surface area contributed by atoms with Crippen molar-refractivity contribution in [3.05, 3.63) is 18.2 Å². The Balaban J connectivity index is 1.91. The van der Waals surface area contributed by atoms with Gasteiger partial charge in [0.25, 0.3) is 0 Å². The first-order valence-corrected chi connectivity index (χ1v) is 11.7. The molecule has 2 heterocycles. The molecule has 1 aromatic rings. The minimum atomic E-state index is -3.65. The molecule has 0 bridgehead atoms. The molecule has 0 aromatic heterocycles. The van der Waals surface area contributed by atoms with Crippen LogP contribution >= 0.6 is 11.8 Å². The molecule has 0 atom stereocenters. The van der Waals surface area contributed by atoms with E-state index in [0.29, 0.717) is 45.1 Å². The average molecular weight is 428 g/mol. The van der Waals surface area contributed by atoms with Crippen molar-refractivity contribution in [2.75, 3.05) is 56.6 Å². The Morgan fingerprint density at radius 3 is 2.54 bits per heavy atom. The van der Waals surface area contributed by atoms with Crippen molar-refractivity contribution in [2.45, 2.75) is 23.6 Å². The van der Waals surface area contributed by atoms with E-state index in [4.69, 9.17) is 4.74 Å². The van der Waals surface area contributed by atoms with E-state index in [1.54, 1.807) is 30.9 Å². The topological polar surface area (TPSA) is 87.2 Å².